The van der Waals surface area contributed by atoms with Gasteiger partial charge < -0.3 is 14.4 Å². The number of ether oxygens (including phenoxy) is 2. The molecule has 0 radical (unpaired) electrons. The van der Waals surface area contributed by atoms with Crippen molar-refractivity contribution in [2.75, 3.05) is 26.0 Å². The fourth-order valence-electron chi connectivity index (χ4n) is 4.08. The number of hydrogen-bond donors (Lipinski definition) is 0. The Morgan fingerprint density at radius 2 is 2.00 bits per heavy atom. The molecular formula is C21H29NO3S2. The highest BCUT2D eigenvalue weighted by Gasteiger charge is 2.47. The van der Waals surface area contributed by atoms with Crippen LogP contribution in [0.4, 0.5) is 0 Å². The van der Waals surface area contributed by atoms with Gasteiger partial charge in [-0.1, -0.05) is 50.0 Å². The van der Waals surface area contributed by atoms with Gasteiger partial charge in [-0.25, -0.2) is 0 Å². The van der Waals surface area contributed by atoms with Crippen LogP contribution in [0.1, 0.15) is 45.4 Å². The first-order valence-corrected chi connectivity index (χ1v) is 11.2. The largest absolute Gasteiger partial charge is 0.493 e. The Morgan fingerprint density at radius 3 is 2.67 bits per heavy atom. The van der Waals surface area contributed by atoms with Crippen LogP contribution in [0.5, 0.6) is 11.5 Å². The Balaban J connectivity index is 1.69. The quantitative estimate of drug-likeness (QED) is 0.584. The summed E-state index contributed by atoms with van der Waals surface area (Å²) >= 11 is 7.33. The molecule has 0 aromatic heterocycles. The molecule has 6 heteroatoms. The first-order valence-electron chi connectivity index (χ1n) is 9.78. The average molecular weight is 408 g/mol. The van der Waals surface area contributed by atoms with Crippen molar-refractivity contribution < 1.29 is 14.3 Å². The molecule has 0 bridgehead atoms. The summed E-state index contributed by atoms with van der Waals surface area (Å²) in [5, 5.41) is 0. The lowest BCUT2D eigenvalue weighted by molar-refractivity contribution is -0.133. The van der Waals surface area contributed by atoms with E-state index in [1.54, 1.807) is 18.9 Å². The fourth-order valence-corrected chi connectivity index (χ4v) is 5.73. The van der Waals surface area contributed by atoms with Crippen LogP contribution in [0.25, 0.3) is 0 Å². The number of nitrogens with zero attached hydrogens (tertiary/aromatic N) is 1. The van der Waals surface area contributed by atoms with E-state index in [4.69, 9.17) is 21.7 Å². The lowest BCUT2D eigenvalue weighted by Gasteiger charge is -2.37. The van der Waals surface area contributed by atoms with Crippen molar-refractivity contribution in [1.82, 2.24) is 4.90 Å². The van der Waals surface area contributed by atoms with Crippen molar-refractivity contribution in [3.63, 3.8) is 0 Å². The maximum Gasteiger partial charge on any atom is 0.224 e. The highest BCUT2D eigenvalue weighted by molar-refractivity contribution is 8.02. The number of amides is 1. The molecular weight excluding hydrogens is 378 g/mol. The molecule has 1 amide bonds. The zero-order chi connectivity index (χ0) is 19.3. The molecule has 2 aliphatic rings. The monoisotopic (exact) mass is 407 g/mol. The first kappa shape index (κ1) is 20.5. The average Bonchev–Trinajstić information content (AvgIpc) is 3.35. The molecule has 0 N–H and O–H groups in total. The van der Waals surface area contributed by atoms with Crippen LogP contribution in [0.2, 0.25) is 0 Å². The maximum atomic E-state index is 13.0. The second-order valence-electron chi connectivity index (χ2n) is 7.36. The number of thiocarbonyl (C=S) groups is 1. The van der Waals surface area contributed by atoms with E-state index < -0.39 is 4.87 Å². The number of carbonyl (C=O) groups is 1. The lowest BCUT2D eigenvalue weighted by Crippen LogP contribution is -2.53. The van der Waals surface area contributed by atoms with Crippen LogP contribution in [-0.2, 0) is 4.79 Å². The Kier molecular flexibility index (Phi) is 7.04. The van der Waals surface area contributed by atoms with Crippen LogP contribution >= 0.6 is 24.0 Å². The Labute approximate surface area is 172 Å². The number of benzene rings is 1. The van der Waals surface area contributed by atoms with E-state index in [2.05, 4.69) is 0 Å². The highest BCUT2D eigenvalue weighted by atomic mass is 32.2. The van der Waals surface area contributed by atoms with Gasteiger partial charge in [0.15, 0.2) is 16.4 Å². The van der Waals surface area contributed by atoms with Gasteiger partial charge in [0.2, 0.25) is 5.91 Å². The number of rotatable bonds is 8. The molecule has 0 spiro atoms. The van der Waals surface area contributed by atoms with Gasteiger partial charge in [0.1, 0.15) is 6.61 Å². The number of para-hydroxylation sites is 2. The summed E-state index contributed by atoms with van der Waals surface area (Å²) in [5.41, 5.74) is 0. The summed E-state index contributed by atoms with van der Waals surface area (Å²) in [7, 11) is 1.63. The molecule has 1 saturated carbocycles. The summed E-state index contributed by atoms with van der Waals surface area (Å²) in [6, 6.07) is 7.59. The number of hydrogen-bond acceptors (Lipinski definition) is 5. The van der Waals surface area contributed by atoms with Crippen LogP contribution in [0, 0.1) is 5.92 Å². The Bertz CT molecular complexity index is 675. The predicted molar refractivity (Wildman–Crippen MR) is 115 cm³/mol. The number of methoxy groups -OCH3 is 1. The summed E-state index contributed by atoms with van der Waals surface area (Å²) < 4.78 is 11.5. The van der Waals surface area contributed by atoms with Gasteiger partial charge in [-0.15, -0.1) is 11.8 Å². The van der Waals surface area contributed by atoms with E-state index in [0.29, 0.717) is 24.5 Å². The minimum Gasteiger partial charge on any atom is -0.493 e. The van der Waals surface area contributed by atoms with E-state index in [0.717, 1.165) is 29.5 Å². The Hall–Kier alpha value is -1.27. The van der Waals surface area contributed by atoms with Gasteiger partial charge in [-0.2, -0.15) is 0 Å². The van der Waals surface area contributed by atoms with Crippen LogP contribution < -0.4 is 9.47 Å². The molecule has 3 rings (SSSR count). The summed E-state index contributed by atoms with van der Waals surface area (Å²) in [4.78, 5) is 15.2. The highest BCUT2D eigenvalue weighted by Crippen LogP contribution is 2.40. The van der Waals surface area contributed by atoms with Crippen molar-refractivity contribution in [2.45, 2.75) is 50.3 Å². The summed E-state index contributed by atoms with van der Waals surface area (Å²) in [5.74, 6) is 3.19. The molecule has 4 nitrogen and oxygen atoms in total. The molecule has 1 saturated heterocycles. The van der Waals surface area contributed by atoms with Crippen molar-refractivity contribution in [3.8, 4) is 11.5 Å². The second-order valence-corrected chi connectivity index (χ2v) is 9.35. The van der Waals surface area contributed by atoms with E-state index >= 15 is 0 Å². The smallest absolute Gasteiger partial charge is 0.224 e. The van der Waals surface area contributed by atoms with Gasteiger partial charge >= 0.3 is 0 Å². The van der Waals surface area contributed by atoms with Crippen LogP contribution in [0.3, 0.4) is 0 Å². The van der Waals surface area contributed by atoms with Crippen LogP contribution in [-0.4, -0.2) is 46.6 Å². The molecule has 27 heavy (non-hydrogen) atoms. The van der Waals surface area contributed by atoms with Crippen molar-refractivity contribution in [1.29, 1.82) is 0 Å². The standard InChI is InChI=1S/C21H29NO3S2/c1-16(26)21(15-25-19-10-6-5-9-18(19)24-2)22(13-14-27-21)20(23)12-11-17-7-3-4-8-17/h5-6,9-10,17H,3-4,7-8,11-15H2,1-2H3. The lowest BCUT2D eigenvalue weighted by atomic mass is 10.0. The summed E-state index contributed by atoms with van der Waals surface area (Å²) in [6.07, 6.45) is 6.79. The minimum atomic E-state index is -0.567. The molecule has 1 heterocycles. The first-order chi connectivity index (χ1) is 13.1. The molecule has 1 aliphatic carbocycles. The summed E-state index contributed by atoms with van der Waals surface area (Å²) in [6.45, 7) is 3.01. The van der Waals surface area contributed by atoms with Gasteiger partial charge in [-0.05, 0) is 31.4 Å². The van der Waals surface area contributed by atoms with Gasteiger partial charge in [0.25, 0.3) is 0 Å². The number of carbonyl (C=O) groups excluding carboxylic acids is 1. The van der Waals surface area contributed by atoms with Gasteiger partial charge in [-0.3, -0.25) is 4.79 Å². The van der Waals surface area contributed by atoms with Crippen molar-refractivity contribution in [3.05, 3.63) is 24.3 Å². The van der Waals surface area contributed by atoms with Crippen molar-refractivity contribution in [2.24, 2.45) is 5.92 Å². The predicted octanol–water partition coefficient (Wildman–Crippen LogP) is 4.71. The minimum absolute atomic E-state index is 0.208. The zero-order valence-electron chi connectivity index (χ0n) is 16.2. The van der Waals surface area contributed by atoms with Crippen LogP contribution in [0.15, 0.2) is 24.3 Å². The third-order valence-corrected chi connectivity index (χ3v) is 7.65. The third-order valence-electron chi connectivity index (χ3n) is 5.68. The fraction of sp³-hybridized carbons (Fsp3) is 0.619. The molecule has 148 valence electrons. The van der Waals surface area contributed by atoms with E-state index in [1.807, 2.05) is 36.1 Å². The molecule has 1 unspecified atom stereocenters. The Morgan fingerprint density at radius 1 is 1.30 bits per heavy atom. The van der Waals surface area contributed by atoms with Gasteiger partial charge in [0, 0.05) is 23.6 Å². The third kappa shape index (κ3) is 4.60. The normalized spacial score (nSPS) is 22.8. The molecule has 2 fully saturated rings. The zero-order valence-corrected chi connectivity index (χ0v) is 17.9. The SMILES string of the molecule is COc1ccccc1OCC1(C(C)=S)SCCN1C(=O)CCC1CCCC1. The molecule has 1 atom stereocenters. The molecule has 1 aromatic carbocycles. The topological polar surface area (TPSA) is 38.8 Å². The maximum absolute atomic E-state index is 13.0. The van der Waals surface area contributed by atoms with Gasteiger partial charge in [0.05, 0.1) is 7.11 Å². The molecule has 1 aromatic rings. The molecule has 1 aliphatic heterocycles. The van der Waals surface area contributed by atoms with E-state index in [9.17, 15) is 4.79 Å². The van der Waals surface area contributed by atoms with Crippen molar-refractivity contribution >= 4 is 34.8 Å². The van der Waals surface area contributed by atoms with E-state index in [1.165, 1.54) is 25.7 Å². The van der Waals surface area contributed by atoms with E-state index in [-0.39, 0.29) is 5.91 Å². The number of thioether (sulfide) groups is 1. The second kappa shape index (κ2) is 9.28.